The van der Waals surface area contributed by atoms with Gasteiger partial charge in [-0.1, -0.05) is 23.7 Å². The van der Waals surface area contributed by atoms with Crippen molar-refractivity contribution in [2.24, 2.45) is 0 Å². The fourth-order valence-electron chi connectivity index (χ4n) is 1.57. The Morgan fingerprint density at radius 3 is 3.00 bits per heavy atom. The van der Waals surface area contributed by atoms with Crippen molar-refractivity contribution < 1.29 is 9.50 Å². The number of halogens is 2. The van der Waals surface area contributed by atoms with Crippen LogP contribution in [0, 0.1) is 12.7 Å². The number of aromatic nitrogens is 1. The van der Waals surface area contributed by atoms with Crippen LogP contribution in [0.1, 0.15) is 11.1 Å². The molecule has 2 rings (SSSR count). The van der Waals surface area contributed by atoms with Gasteiger partial charge in [0.05, 0.1) is 5.69 Å². The SMILES string of the molecule is Cc1cnc(Cl)c(NCc2cccc(F)c2O)c1. The number of para-hydroxylation sites is 1. The summed E-state index contributed by atoms with van der Waals surface area (Å²) in [5.41, 5.74) is 2.08. The van der Waals surface area contributed by atoms with Crippen molar-refractivity contribution in [3.05, 3.63) is 52.6 Å². The van der Waals surface area contributed by atoms with Gasteiger partial charge >= 0.3 is 0 Å². The van der Waals surface area contributed by atoms with Crippen molar-refractivity contribution in [2.75, 3.05) is 5.32 Å². The first-order valence-electron chi connectivity index (χ1n) is 5.40. The molecule has 94 valence electrons. The summed E-state index contributed by atoms with van der Waals surface area (Å²) in [5.74, 6) is -0.982. The molecule has 18 heavy (non-hydrogen) atoms. The average Bonchev–Trinajstić information content (AvgIpc) is 2.35. The molecule has 1 aromatic heterocycles. The second-order valence-electron chi connectivity index (χ2n) is 3.95. The molecule has 0 fully saturated rings. The van der Waals surface area contributed by atoms with Gasteiger partial charge in [-0.15, -0.1) is 0 Å². The Kier molecular flexibility index (Phi) is 3.67. The quantitative estimate of drug-likeness (QED) is 0.836. The molecule has 5 heteroatoms. The summed E-state index contributed by atoms with van der Waals surface area (Å²) >= 11 is 5.92. The summed E-state index contributed by atoms with van der Waals surface area (Å²) in [5, 5.41) is 12.9. The molecule has 0 saturated heterocycles. The van der Waals surface area contributed by atoms with Gasteiger partial charge < -0.3 is 10.4 Å². The zero-order valence-electron chi connectivity index (χ0n) is 9.74. The number of pyridine rings is 1. The van der Waals surface area contributed by atoms with Crippen LogP contribution in [-0.2, 0) is 6.54 Å². The number of phenols is 1. The predicted molar refractivity (Wildman–Crippen MR) is 69.4 cm³/mol. The van der Waals surface area contributed by atoms with E-state index < -0.39 is 5.82 Å². The van der Waals surface area contributed by atoms with Crippen molar-refractivity contribution in [3.8, 4) is 5.75 Å². The maximum Gasteiger partial charge on any atom is 0.165 e. The molecule has 0 amide bonds. The predicted octanol–water partition coefficient (Wildman–Crippen LogP) is 3.50. The minimum Gasteiger partial charge on any atom is -0.505 e. The molecule has 0 unspecified atom stereocenters. The number of hydrogen-bond donors (Lipinski definition) is 2. The molecule has 3 nitrogen and oxygen atoms in total. The molecular formula is C13H12ClFN2O. The van der Waals surface area contributed by atoms with E-state index in [2.05, 4.69) is 10.3 Å². The number of phenolic OH excluding ortho intramolecular Hbond substituents is 1. The third-order valence-electron chi connectivity index (χ3n) is 2.52. The fraction of sp³-hybridized carbons (Fsp3) is 0.154. The molecule has 0 saturated carbocycles. The Labute approximate surface area is 109 Å². The molecule has 2 N–H and O–H groups in total. The number of hydrogen-bond acceptors (Lipinski definition) is 3. The van der Waals surface area contributed by atoms with Crippen LogP contribution in [0.2, 0.25) is 5.15 Å². The van der Waals surface area contributed by atoms with E-state index >= 15 is 0 Å². The van der Waals surface area contributed by atoms with E-state index in [0.717, 1.165) is 5.56 Å². The van der Waals surface area contributed by atoms with Crippen molar-refractivity contribution in [3.63, 3.8) is 0 Å². The topological polar surface area (TPSA) is 45.2 Å². The van der Waals surface area contributed by atoms with E-state index in [0.29, 0.717) is 16.4 Å². The molecule has 0 aliphatic rings. The Hall–Kier alpha value is -1.81. The van der Waals surface area contributed by atoms with E-state index in [1.165, 1.54) is 6.07 Å². The monoisotopic (exact) mass is 266 g/mol. The lowest BCUT2D eigenvalue weighted by Gasteiger charge is -2.10. The van der Waals surface area contributed by atoms with Crippen LogP contribution in [-0.4, -0.2) is 10.1 Å². The zero-order valence-corrected chi connectivity index (χ0v) is 10.5. The molecule has 0 atom stereocenters. The van der Waals surface area contributed by atoms with Gasteiger partial charge in [0, 0.05) is 18.3 Å². The van der Waals surface area contributed by atoms with Crippen LogP contribution in [0.4, 0.5) is 10.1 Å². The second kappa shape index (κ2) is 5.23. The maximum absolute atomic E-state index is 13.1. The largest absolute Gasteiger partial charge is 0.505 e. The molecule has 1 heterocycles. The van der Waals surface area contributed by atoms with Crippen molar-refractivity contribution in [1.82, 2.24) is 4.98 Å². The first-order chi connectivity index (χ1) is 8.58. The summed E-state index contributed by atoms with van der Waals surface area (Å²) in [6.07, 6.45) is 1.66. The first-order valence-corrected chi connectivity index (χ1v) is 5.78. The van der Waals surface area contributed by atoms with Gasteiger partial charge in [-0.2, -0.15) is 0 Å². The molecule has 0 radical (unpaired) electrons. The van der Waals surface area contributed by atoms with Crippen LogP contribution < -0.4 is 5.32 Å². The van der Waals surface area contributed by atoms with Crippen LogP contribution in [0.25, 0.3) is 0 Å². The van der Waals surface area contributed by atoms with E-state index in [-0.39, 0.29) is 12.3 Å². The van der Waals surface area contributed by atoms with Crippen LogP contribution in [0.5, 0.6) is 5.75 Å². The number of nitrogens with zero attached hydrogens (tertiary/aromatic N) is 1. The number of aryl methyl sites for hydroxylation is 1. The van der Waals surface area contributed by atoms with Crippen molar-refractivity contribution in [2.45, 2.75) is 13.5 Å². The number of rotatable bonds is 3. The van der Waals surface area contributed by atoms with Gasteiger partial charge in [0.15, 0.2) is 16.7 Å². The molecule has 2 aromatic rings. The summed E-state index contributed by atoms with van der Waals surface area (Å²) in [6.45, 7) is 2.17. The Bertz CT molecular complexity index is 573. The minimum absolute atomic E-state index is 0.272. The van der Waals surface area contributed by atoms with E-state index in [1.807, 2.05) is 13.0 Å². The lowest BCUT2D eigenvalue weighted by Crippen LogP contribution is -2.02. The number of nitrogens with one attached hydrogen (secondary N) is 1. The normalized spacial score (nSPS) is 10.4. The minimum atomic E-state index is -0.636. The fourth-order valence-corrected chi connectivity index (χ4v) is 1.74. The summed E-state index contributed by atoms with van der Waals surface area (Å²) in [7, 11) is 0. The lowest BCUT2D eigenvalue weighted by molar-refractivity contribution is 0.427. The Morgan fingerprint density at radius 2 is 2.22 bits per heavy atom. The highest BCUT2D eigenvalue weighted by molar-refractivity contribution is 6.31. The van der Waals surface area contributed by atoms with Crippen LogP contribution in [0.3, 0.4) is 0 Å². The molecule has 0 aliphatic carbocycles. The number of benzene rings is 1. The third kappa shape index (κ3) is 2.71. The van der Waals surface area contributed by atoms with Gasteiger partial charge in [-0.25, -0.2) is 9.37 Å². The van der Waals surface area contributed by atoms with Crippen LogP contribution in [0.15, 0.2) is 30.5 Å². The average molecular weight is 267 g/mol. The Balaban J connectivity index is 2.16. The highest BCUT2D eigenvalue weighted by Crippen LogP contribution is 2.24. The second-order valence-corrected chi connectivity index (χ2v) is 4.31. The van der Waals surface area contributed by atoms with Gasteiger partial charge in [-0.3, -0.25) is 0 Å². The van der Waals surface area contributed by atoms with Crippen molar-refractivity contribution in [1.29, 1.82) is 0 Å². The highest BCUT2D eigenvalue weighted by atomic mass is 35.5. The van der Waals surface area contributed by atoms with Gasteiger partial charge in [0.1, 0.15) is 0 Å². The number of anilines is 1. The highest BCUT2D eigenvalue weighted by Gasteiger charge is 2.07. The lowest BCUT2D eigenvalue weighted by atomic mass is 10.2. The smallest absolute Gasteiger partial charge is 0.165 e. The van der Waals surface area contributed by atoms with Gasteiger partial charge in [-0.05, 0) is 24.6 Å². The zero-order chi connectivity index (χ0) is 13.1. The van der Waals surface area contributed by atoms with E-state index in [9.17, 15) is 9.50 Å². The number of aromatic hydroxyl groups is 1. The first kappa shape index (κ1) is 12.6. The summed E-state index contributed by atoms with van der Waals surface area (Å²) < 4.78 is 13.1. The van der Waals surface area contributed by atoms with Crippen LogP contribution >= 0.6 is 11.6 Å². The van der Waals surface area contributed by atoms with E-state index in [4.69, 9.17) is 11.6 Å². The molecule has 1 aromatic carbocycles. The third-order valence-corrected chi connectivity index (χ3v) is 2.82. The summed E-state index contributed by atoms with van der Waals surface area (Å²) in [6, 6.07) is 6.23. The molecular weight excluding hydrogens is 255 g/mol. The van der Waals surface area contributed by atoms with Gasteiger partial charge in [0.2, 0.25) is 0 Å². The van der Waals surface area contributed by atoms with Crippen molar-refractivity contribution >= 4 is 17.3 Å². The Morgan fingerprint density at radius 1 is 1.44 bits per heavy atom. The standard InChI is InChI=1S/C13H12ClFN2O/c1-8-5-11(13(14)17-6-8)16-7-9-3-2-4-10(15)12(9)18/h2-6,16,18H,7H2,1H3. The van der Waals surface area contributed by atoms with E-state index in [1.54, 1.807) is 18.3 Å². The summed E-state index contributed by atoms with van der Waals surface area (Å²) in [4.78, 5) is 4.00. The molecule has 0 bridgehead atoms. The molecule has 0 aliphatic heterocycles. The van der Waals surface area contributed by atoms with Gasteiger partial charge in [0.25, 0.3) is 0 Å². The molecule has 0 spiro atoms. The maximum atomic E-state index is 13.1.